The van der Waals surface area contributed by atoms with Crippen LogP contribution >= 0.6 is 11.3 Å². The summed E-state index contributed by atoms with van der Waals surface area (Å²) in [5.74, 6) is -1.21. The lowest BCUT2D eigenvalue weighted by atomic mass is 10.1. The summed E-state index contributed by atoms with van der Waals surface area (Å²) >= 11 is 0.992. The Bertz CT molecular complexity index is 451. The third-order valence-corrected chi connectivity index (χ3v) is 4.14. The highest BCUT2D eigenvalue weighted by Gasteiger charge is 2.15. The van der Waals surface area contributed by atoms with Gasteiger partial charge in [-0.05, 0) is 37.8 Å². The number of hydrogen-bond acceptors (Lipinski definition) is 4. The van der Waals surface area contributed by atoms with E-state index in [1.165, 1.54) is 12.5 Å². The molecule has 1 aromatic heterocycles. The molecule has 0 spiro atoms. The number of carbonyl (C=O) groups is 2. The smallest absolute Gasteiger partial charge is 0.345 e. The Balaban J connectivity index is 1.75. The largest absolute Gasteiger partial charge is 0.477 e. The summed E-state index contributed by atoms with van der Waals surface area (Å²) in [6, 6.07) is 2.99. The number of rotatable bonds is 5. The van der Waals surface area contributed by atoms with E-state index in [9.17, 15) is 9.59 Å². The van der Waals surface area contributed by atoms with Crippen LogP contribution in [0.2, 0.25) is 0 Å². The molecular weight excluding hydrogens is 266 g/mol. The molecule has 5 nitrogen and oxygen atoms in total. The second-order valence-corrected chi connectivity index (χ2v) is 5.59. The Morgan fingerprint density at radius 2 is 2.16 bits per heavy atom. The molecule has 1 saturated heterocycles. The van der Waals surface area contributed by atoms with Crippen LogP contribution in [0.1, 0.15) is 45.0 Å². The van der Waals surface area contributed by atoms with Gasteiger partial charge in [0.2, 0.25) is 0 Å². The Hall–Kier alpha value is -1.40. The van der Waals surface area contributed by atoms with Crippen molar-refractivity contribution in [3.05, 3.63) is 21.9 Å². The van der Waals surface area contributed by atoms with E-state index in [1.54, 1.807) is 6.07 Å². The molecule has 1 atom stereocenters. The van der Waals surface area contributed by atoms with Gasteiger partial charge in [-0.3, -0.25) is 4.79 Å². The van der Waals surface area contributed by atoms with Gasteiger partial charge in [-0.2, -0.15) is 0 Å². The average molecular weight is 283 g/mol. The predicted octanol–water partition coefficient (Wildman–Crippen LogP) is 2.14. The number of amides is 1. The topological polar surface area (TPSA) is 75.6 Å². The van der Waals surface area contributed by atoms with E-state index in [2.05, 4.69) is 5.32 Å². The second-order valence-electron chi connectivity index (χ2n) is 4.50. The molecule has 2 heterocycles. The lowest BCUT2D eigenvalue weighted by molar-refractivity contribution is 0.0117. The molecule has 2 rings (SSSR count). The Morgan fingerprint density at radius 3 is 2.79 bits per heavy atom. The van der Waals surface area contributed by atoms with Crippen molar-refractivity contribution in [3.8, 4) is 0 Å². The predicted molar refractivity (Wildman–Crippen MR) is 71.8 cm³/mol. The number of thiophene rings is 1. The first kappa shape index (κ1) is 14.0. The fraction of sp³-hybridized carbons (Fsp3) is 0.538. The first-order valence-corrected chi connectivity index (χ1v) is 7.21. The molecule has 1 aromatic rings. The summed E-state index contributed by atoms with van der Waals surface area (Å²) < 4.78 is 5.57. The third kappa shape index (κ3) is 4.04. The number of carboxylic acids is 1. The summed E-state index contributed by atoms with van der Waals surface area (Å²) in [6.07, 6.45) is 4.41. The van der Waals surface area contributed by atoms with Gasteiger partial charge in [-0.15, -0.1) is 11.3 Å². The van der Waals surface area contributed by atoms with Crippen molar-refractivity contribution in [2.24, 2.45) is 0 Å². The molecule has 1 unspecified atom stereocenters. The molecular formula is C13H17NO4S. The minimum absolute atomic E-state index is 0.181. The number of nitrogens with one attached hydrogen (secondary N) is 1. The van der Waals surface area contributed by atoms with E-state index in [0.29, 0.717) is 11.4 Å². The summed E-state index contributed by atoms with van der Waals surface area (Å²) in [5.41, 5.74) is 0. The number of ether oxygens (including phenoxy) is 1. The first-order chi connectivity index (χ1) is 9.16. The molecule has 0 saturated carbocycles. The van der Waals surface area contributed by atoms with Gasteiger partial charge < -0.3 is 15.2 Å². The zero-order chi connectivity index (χ0) is 13.7. The van der Waals surface area contributed by atoms with Crippen molar-refractivity contribution in [2.75, 3.05) is 13.2 Å². The first-order valence-electron chi connectivity index (χ1n) is 6.40. The number of carbonyl (C=O) groups excluding carboxylic acids is 1. The quantitative estimate of drug-likeness (QED) is 0.868. The summed E-state index contributed by atoms with van der Waals surface area (Å²) in [6.45, 7) is 1.37. The van der Waals surface area contributed by atoms with Crippen molar-refractivity contribution in [3.63, 3.8) is 0 Å². The van der Waals surface area contributed by atoms with Crippen LogP contribution in [-0.2, 0) is 4.74 Å². The standard InChI is InChI=1S/C13H17NO4S/c15-12(10-4-5-11(19-10)13(16)17)14-7-6-9-3-1-2-8-18-9/h4-5,9H,1-3,6-8H2,(H,14,15)(H,16,17). The van der Waals surface area contributed by atoms with E-state index in [4.69, 9.17) is 9.84 Å². The number of carboxylic acid groups (broad SMARTS) is 1. The van der Waals surface area contributed by atoms with E-state index >= 15 is 0 Å². The van der Waals surface area contributed by atoms with Gasteiger partial charge in [-0.25, -0.2) is 4.79 Å². The summed E-state index contributed by atoms with van der Waals surface area (Å²) in [4.78, 5) is 23.1. The fourth-order valence-corrected chi connectivity index (χ4v) is 2.81. The van der Waals surface area contributed by atoms with Crippen molar-refractivity contribution in [1.82, 2.24) is 5.32 Å². The van der Waals surface area contributed by atoms with Gasteiger partial charge in [0, 0.05) is 13.2 Å². The van der Waals surface area contributed by atoms with Gasteiger partial charge in [-0.1, -0.05) is 0 Å². The molecule has 1 amide bonds. The van der Waals surface area contributed by atoms with E-state index in [1.807, 2.05) is 0 Å². The lowest BCUT2D eigenvalue weighted by Gasteiger charge is -2.22. The van der Waals surface area contributed by atoms with Crippen LogP contribution in [0.4, 0.5) is 0 Å². The molecule has 1 aliphatic rings. The zero-order valence-corrected chi connectivity index (χ0v) is 11.4. The fourth-order valence-electron chi connectivity index (χ4n) is 2.04. The Kier molecular flexibility index (Phi) is 4.93. The molecule has 0 bridgehead atoms. The molecule has 0 aromatic carbocycles. The Labute approximate surface area is 115 Å². The summed E-state index contributed by atoms with van der Waals surface area (Å²) in [5, 5.41) is 11.6. The van der Waals surface area contributed by atoms with Crippen LogP contribution in [0.3, 0.4) is 0 Å². The molecule has 1 aliphatic heterocycles. The molecule has 2 N–H and O–H groups in total. The van der Waals surface area contributed by atoms with Crippen LogP contribution in [0, 0.1) is 0 Å². The van der Waals surface area contributed by atoms with Crippen LogP contribution in [0.25, 0.3) is 0 Å². The van der Waals surface area contributed by atoms with E-state index in [-0.39, 0.29) is 16.9 Å². The average Bonchev–Trinajstić information content (AvgIpc) is 2.89. The van der Waals surface area contributed by atoms with Crippen molar-refractivity contribution < 1.29 is 19.4 Å². The highest BCUT2D eigenvalue weighted by molar-refractivity contribution is 7.15. The monoisotopic (exact) mass is 283 g/mol. The van der Waals surface area contributed by atoms with Crippen LogP contribution in [0.15, 0.2) is 12.1 Å². The van der Waals surface area contributed by atoms with Crippen LogP contribution < -0.4 is 5.32 Å². The SMILES string of the molecule is O=C(O)c1ccc(C(=O)NCCC2CCCCO2)s1. The van der Waals surface area contributed by atoms with Crippen LogP contribution in [-0.4, -0.2) is 36.2 Å². The number of hydrogen-bond donors (Lipinski definition) is 2. The van der Waals surface area contributed by atoms with Crippen LogP contribution in [0.5, 0.6) is 0 Å². The summed E-state index contributed by atoms with van der Waals surface area (Å²) in [7, 11) is 0. The molecule has 1 fully saturated rings. The van der Waals surface area contributed by atoms with Gasteiger partial charge >= 0.3 is 5.97 Å². The van der Waals surface area contributed by atoms with Gasteiger partial charge in [0.1, 0.15) is 4.88 Å². The second kappa shape index (κ2) is 6.68. The number of aromatic carboxylic acids is 1. The highest BCUT2D eigenvalue weighted by atomic mass is 32.1. The third-order valence-electron chi connectivity index (χ3n) is 3.07. The molecule has 0 aliphatic carbocycles. The highest BCUT2D eigenvalue weighted by Crippen LogP contribution is 2.17. The Morgan fingerprint density at radius 1 is 1.37 bits per heavy atom. The van der Waals surface area contributed by atoms with Crippen molar-refractivity contribution >= 4 is 23.2 Å². The minimum Gasteiger partial charge on any atom is -0.477 e. The van der Waals surface area contributed by atoms with Crippen molar-refractivity contribution in [2.45, 2.75) is 31.8 Å². The molecule has 6 heteroatoms. The maximum absolute atomic E-state index is 11.8. The molecule has 19 heavy (non-hydrogen) atoms. The maximum Gasteiger partial charge on any atom is 0.345 e. The zero-order valence-electron chi connectivity index (χ0n) is 10.6. The molecule has 0 radical (unpaired) electrons. The minimum atomic E-state index is -1.00. The maximum atomic E-state index is 11.8. The van der Waals surface area contributed by atoms with Gasteiger partial charge in [0.15, 0.2) is 0 Å². The normalized spacial score (nSPS) is 19.1. The van der Waals surface area contributed by atoms with Gasteiger partial charge in [0.05, 0.1) is 11.0 Å². The van der Waals surface area contributed by atoms with Gasteiger partial charge in [0.25, 0.3) is 5.91 Å². The lowest BCUT2D eigenvalue weighted by Crippen LogP contribution is -2.29. The van der Waals surface area contributed by atoms with E-state index in [0.717, 1.165) is 37.2 Å². The van der Waals surface area contributed by atoms with E-state index < -0.39 is 5.97 Å². The van der Waals surface area contributed by atoms with Crippen molar-refractivity contribution in [1.29, 1.82) is 0 Å². The molecule has 104 valence electrons.